The zero-order chi connectivity index (χ0) is 17.3. The summed E-state index contributed by atoms with van der Waals surface area (Å²) < 4.78 is 3.38. The van der Waals surface area contributed by atoms with Crippen LogP contribution in [0.1, 0.15) is 54.8 Å². The van der Waals surface area contributed by atoms with Gasteiger partial charge in [0.25, 0.3) is 0 Å². The zero-order valence-electron chi connectivity index (χ0n) is 14.3. The fourth-order valence-corrected chi connectivity index (χ4v) is 5.04. The summed E-state index contributed by atoms with van der Waals surface area (Å²) in [5, 5.41) is 6.88. The fraction of sp³-hybridized carbons (Fsp3) is 0.350. The van der Waals surface area contributed by atoms with Crippen molar-refractivity contribution in [3.8, 4) is 0 Å². The second-order valence-corrected chi connectivity index (χ2v) is 8.61. The minimum absolute atomic E-state index is 0.427. The Kier molecular flexibility index (Phi) is 2.97. The molecule has 26 heavy (non-hydrogen) atoms. The molecule has 2 N–H and O–H groups in total. The van der Waals surface area contributed by atoms with E-state index in [0.29, 0.717) is 23.0 Å². The van der Waals surface area contributed by atoms with E-state index in [9.17, 15) is 0 Å². The number of nitrogens with two attached hydrogens (primary N) is 1. The number of hydrogen-bond acceptors (Lipinski definition) is 5. The molecule has 0 aliphatic heterocycles. The molecule has 3 aromatic heterocycles. The number of hydrogen-bond donors (Lipinski definition) is 1. The van der Waals surface area contributed by atoms with Gasteiger partial charge in [-0.1, -0.05) is 23.5 Å². The lowest BCUT2D eigenvalue weighted by Crippen LogP contribution is -2.26. The summed E-state index contributed by atoms with van der Waals surface area (Å²) >= 11 is 1.57. The van der Waals surface area contributed by atoms with Gasteiger partial charge < -0.3 is 5.73 Å². The molecule has 0 amide bonds. The highest BCUT2D eigenvalue weighted by molar-refractivity contribution is 7.22. The molecular weight excluding hydrogens is 342 g/mol. The predicted octanol–water partition coefficient (Wildman–Crippen LogP) is 4.62. The van der Waals surface area contributed by atoms with Crippen molar-refractivity contribution < 1.29 is 0 Å². The maximum Gasteiger partial charge on any atom is 0.181 e. The number of thiazole rings is 1. The first-order valence-corrected chi connectivity index (χ1v) is 10.1. The number of para-hydroxylation sites is 1. The molecule has 2 fully saturated rings. The number of benzene rings is 1. The predicted molar refractivity (Wildman–Crippen MR) is 105 cm³/mol. The second-order valence-electron chi connectivity index (χ2n) is 7.55. The van der Waals surface area contributed by atoms with Crippen LogP contribution in [0.2, 0.25) is 0 Å². The molecule has 3 heterocycles. The highest BCUT2D eigenvalue weighted by Gasteiger charge is 2.37. The molecule has 0 unspecified atom stereocenters. The van der Waals surface area contributed by atoms with Gasteiger partial charge >= 0.3 is 0 Å². The second kappa shape index (κ2) is 5.27. The first kappa shape index (κ1) is 14.7. The first-order valence-electron chi connectivity index (χ1n) is 9.26. The van der Waals surface area contributed by atoms with Crippen LogP contribution >= 0.6 is 11.3 Å². The third-order valence-corrected chi connectivity index (χ3v) is 6.67. The fourth-order valence-electron chi connectivity index (χ4n) is 4.27. The van der Waals surface area contributed by atoms with Gasteiger partial charge in [0.1, 0.15) is 0 Å². The smallest absolute Gasteiger partial charge is 0.181 e. The monoisotopic (exact) mass is 361 g/mol. The van der Waals surface area contributed by atoms with Crippen molar-refractivity contribution in [1.29, 1.82) is 0 Å². The number of fused-ring (bicyclic) bond motifs is 2. The molecule has 2 aliphatic carbocycles. The van der Waals surface area contributed by atoms with E-state index in [2.05, 4.69) is 38.9 Å². The van der Waals surface area contributed by atoms with Crippen molar-refractivity contribution in [3.05, 3.63) is 47.8 Å². The molecule has 4 aromatic rings. The number of nitrogen functional groups attached to an aromatic ring is 1. The van der Waals surface area contributed by atoms with Crippen LogP contribution in [0.5, 0.6) is 0 Å². The summed E-state index contributed by atoms with van der Waals surface area (Å²) in [6, 6.07) is 11.1. The van der Waals surface area contributed by atoms with Crippen LogP contribution < -0.4 is 5.73 Å². The minimum atomic E-state index is 0.427. The SMILES string of the molecule is Nc1nc2c(C3CC(n4nc(C5CC5)c5cccnc54)C3)cccc2s1. The number of pyridine rings is 1. The average Bonchev–Trinajstić information content (AvgIpc) is 3.27. The van der Waals surface area contributed by atoms with Crippen LogP contribution in [0.4, 0.5) is 5.13 Å². The summed E-state index contributed by atoms with van der Waals surface area (Å²) in [6.45, 7) is 0. The molecule has 0 atom stereocenters. The third-order valence-electron chi connectivity index (χ3n) is 5.82. The van der Waals surface area contributed by atoms with Gasteiger partial charge in [-0.2, -0.15) is 5.10 Å². The number of aromatic nitrogens is 4. The molecule has 1 aromatic carbocycles. The van der Waals surface area contributed by atoms with Gasteiger partial charge in [0.15, 0.2) is 10.8 Å². The summed E-state index contributed by atoms with van der Waals surface area (Å²) in [4.78, 5) is 9.20. The summed E-state index contributed by atoms with van der Waals surface area (Å²) in [6.07, 6.45) is 6.59. The van der Waals surface area contributed by atoms with E-state index < -0.39 is 0 Å². The topological polar surface area (TPSA) is 69.6 Å². The van der Waals surface area contributed by atoms with Gasteiger partial charge in [0.05, 0.1) is 22.0 Å². The molecule has 0 bridgehead atoms. The van der Waals surface area contributed by atoms with Crippen molar-refractivity contribution in [2.45, 2.75) is 43.6 Å². The lowest BCUT2D eigenvalue weighted by atomic mass is 9.75. The molecule has 0 spiro atoms. The third kappa shape index (κ3) is 2.11. The van der Waals surface area contributed by atoms with Crippen LogP contribution in [-0.4, -0.2) is 19.7 Å². The van der Waals surface area contributed by atoms with Crippen LogP contribution in [0, 0.1) is 0 Å². The van der Waals surface area contributed by atoms with Crippen molar-refractivity contribution in [2.75, 3.05) is 5.73 Å². The number of rotatable bonds is 3. The summed E-state index contributed by atoms with van der Waals surface area (Å²) in [7, 11) is 0. The summed E-state index contributed by atoms with van der Waals surface area (Å²) in [5.41, 5.74) is 10.6. The highest BCUT2D eigenvalue weighted by Crippen LogP contribution is 2.49. The van der Waals surface area contributed by atoms with Crippen LogP contribution in [-0.2, 0) is 0 Å². The molecular formula is C20H19N5S. The summed E-state index contributed by atoms with van der Waals surface area (Å²) in [5.74, 6) is 1.17. The van der Waals surface area contributed by atoms with Crippen molar-refractivity contribution in [3.63, 3.8) is 0 Å². The lowest BCUT2D eigenvalue weighted by Gasteiger charge is -2.36. The standard InChI is InChI=1S/C20H19N5S/c21-20-23-18-14(3-1-5-16(18)26-20)12-9-13(10-12)25-19-15(4-2-8-22-19)17(24-25)11-6-7-11/h1-5,8,11-13H,6-7,9-10H2,(H2,21,23). The van der Waals surface area contributed by atoms with Crippen molar-refractivity contribution in [2.24, 2.45) is 0 Å². The maximum absolute atomic E-state index is 5.92. The molecule has 0 saturated heterocycles. The normalized spacial score (nSPS) is 22.8. The van der Waals surface area contributed by atoms with Gasteiger partial charge in [0, 0.05) is 17.5 Å². The quantitative estimate of drug-likeness (QED) is 0.578. The Hall–Kier alpha value is -2.47. The van der Waals surface area contributed by atoms with E-state index in [1.807, 2.05) is 12.3 Å². The Morgan fingerprint density at radius 3 is 2.81 bits per heavy atom. The largest absolute Gasteiger partial charge is 0.375 e. The van der Waals surface area contributed by atoms with Crippen molar-refractivity contribution >= 4 is 37.7 Å². The molecule has 0 radical (unpaired) electrons. The Labute approximate surface area is 154 Å². The molecule has 2 aliphatic rings. The van der Waals surface area contributed by atoms with E-state index in [1.165, 1.54) is 34.2 Å². The van der Waals surface area contributed by atoms with Crippen LogP contribution in [0.15, 0.2) is 36.5 Å². The van der Waals surface area contributed by atoms with E-state index in [0.717, 1.165) is 24.0 Å². The molecule has 6 rings (SSSR count). The Bertz CT molecular complexity index is 1130. The number of anilines is 1. The lowest BCUT2D eigenvalue weighted by molar-refractivity contribution is 0.251. The van der Waals surface area contributed by atoms with Crippen LogP contribution in [0.25, 0.3) is 21.3 Å². The average molecular weight is 361 g/mol. The minimum Gasteiger partial charge on any atom is -0.375 e. The van der Waals surface area contributed by atoms with Gasteiger partial charge in [-0.3, -0.25) is 0 Å². The Morgan fingerprint density at radius 2 is 1.96 bits per heavy atom. The van der Waals surface area contributed by atoms with Crippen molar-refractivity contribution in [1.82, 2.24) is 19.7 Å². The van der Waals surface area contributed by atoms with Crippen LogP contribution in [0.3, 0.4) is 0 Å². The van der Waals surface area contributed by atoms with E-state index in [-0.39, 0.29) is 0 Å². The molecule has 5 nitrogen and oxygen atoms in total. The van der Waals surface area contributed by atoms with Gasteiger partial charge in [-0.25, -0.2) is 14.6 Å². The Morgan fingerprint density at radius 1 is 1.08 bits per heavy atom. The maximum atomic E-state index is 5.92. The zero-order valence-corrected chi connectivity index (χ0v) is 15.1. The van der Waals surface area contributed by atoms with E-state index >= 15 is 0 Å². The first-order chi connectivity index (χ1) is 12.8. The number of nitrogens with zero attached hydrogens (tertiary/aromatic N) is 4. The van der Waals surface area contributed by atoms with E-state index in [4.69, 9.17) is 10.8 Å². The van der Waals surface area contributed by atoms with Gasteiger partial charge in [-0.15, -0.1) is 0 Å². The molecule has 130 valence electrons. The molecule has 6 heteroatoms. The highest BCUT2D eigenvalue weighted by atomic mass is 32.1. The molecule has 2 saturated carbocycles. The Balaban J connectivity index is 1.34. The van der Waals surface area contributed by atoms with Gasteiger partial charge in [-0.05, 0) is 55.4 Å². The van der Waals surface area contributed by atoms with E-state index in [1.54, 1.807) is 11.3 Å². The van der Waals surface area contributed by atoms with Gasteiger partial charge in [0.2, 0.25) is 0 Å².